The van der Waals surface area contributed by atoms with E-state index in [0.29, 0.717) is 23.6 Å². The molecule has 6 nitrogen and oxygen atoms in total. The second-order valence-corrected chi connectivity index (χ2v) is 8.68. The van der Waals surface area contributed by atoms with E-state index in [4.69, 9.17) is 21.1 Å². The molecule has 4 rings (SSSR count). The van der Waals surface area contributed by atoms with Gasteiger partial charge in [-0.3, -0.25) is 9.69 Å². The first-order chi connectivity index (χ1) is 15.3. The van der Waals surface area contributed by atoms with Gasteiger partial charge >= 0.3 is 0 Å². The molecule has 0 aliphatic carbocycles. The van der Waals surface area contributed by atoms with Crippen LogP contribution in [0.2, 0.25) is 5.02 Å². The predicted octanol–water partition coefficient (Wildman–Crippen LogP) is 4.19. The number of fused-ring (bicyclic) bond motifs is 1. The molecule has 1 amide bonds. The molecular weight excluding hydrogens is 440 g/mol. The van der Waals surface area contributed by atoms with Gasteiger partial charge in [0.05, 0.1) is 24.4 Å². The van der Waals surface area contributed by atoms with E-state index in [-0.39, 0.29) is 49.6 Å². The number of likely N-dealkylation sites (N-methyl/N-ethyl adjacent to an activating group) is 1. The van der Waals surface area contributed by atoms with Crippen molar-refractivity contribution in [3.05, 3.63) is 52.8 Å². The van der Waals surface area contributed by atoms with Crippen LogP contribution in [0.25, 0.3) is 0 Å². The van der Waals surface area contributed by atoms with E-state index < -0.39 is 11.5 Å². The molecule has 32 heavy (non-hydrogen) atoms. The van der Waals surface area contributed by atoms with Crippen molar-refractivity contribution in [2.75, 3.05) is 45.7 Å². The highest BCUT2D eigenvalue weighted by atomic mass is 35.5. The largest absolute Gasteiger partial charge is 0.493 e. The maximum absolute atomic E-state index is 15.6. The average molecular weight is 466 g/mol. The van der Waals surface area contributed by atoms with Crippen LogP contribution >= 0.6 is 11.6 Å². The summed E-state index contributed by atoms with van der Waals surface area (Å²) in [6.45, 7) is 1.24. The molecule has 1 atom stereocenters. The highest BCUT2D eigenvalue weighted by molar-refractivity contribution is 6.31. The maximum Gasteiger partial charge on any atom is 0.253 e. The van der Waals surface area contributed by atoms with Crippen LogP contribution in [0.5, 0.6) is 11.5 Å². The van der Waals surface area contributed by atoms with Crippen LogP contribution in [0.15, 0.2) is 36.4 Å². The van der Waals surface area contributed by atoms with Crippen molar-refractivity contribution in [2.24, 2.45) is 0 Å². The number of rotatable bonds is 5. The molecule has 1 unspecified atom stereocenters. The van der Waals surface area contributed by atoms with Gasteiger partial charge in [0.15, 0.2) is 17.7 Å². The van der Waals surface area contributed by atoms with Crippen molar-refractivity contribution >= 4 is 23.2 Å². The summed E-state index contributed by atoms with van der Waals surface area (Å²) in [4.78, 5) is 16.1. The number of halogens is 3. The van der Waals surface area contributed by atoms with E-state index in [1.54, 1.807) is 12.0 Å². The van der Waals surface area contributed by atoms with Crippen LogP contribution in [0, 0.1) is 5.82 Å². The van der Waals surface area contributed by atoms with Crippen LogP contribution in [-0.2, 0) is 0 Å². The molecule has 2 aromatic rings. The summed E-state index contributed by atoms with van der Waals surface area (Å²) < 4.78 is 40.5. The molecule has 172 valence electrons. The number of amides is 1. The predicted molar refractivity (Wildman–Crippen MR) is 119 cm³/mol. The number of nitrogens with zero attached hydrogens (tertiary/aromatic N) is 2. The van der Waals surface area contributed by atoms with E-state index in [0.717, 1.165) is 5.69 Å². The van der Waals surface area contributed by atoms with E-state index in [1.807, 2.05) is 30.1 Å². The number of benzene rings is 2. The Labute approximate surface area is 191 Å². The molecule has 0 spiro atoms. The minimum atomic E-state index is -1.45. The van der Waals surface area contributed by atoms with Gasteiger partial charge < -0.3 is 19.7 Å². The molecule has 0 bridgehead atoms. The van der Waals surface area contributed by atoms with Gasteiger partial charge in [-0.15, -0.1) is 0 Å². The van der Waals surface area contributed by atoms with Crippen molar-refractivity contribution < 1.29 is 23.0 Å². The summed E-state index contributed by atoms with van der Waals surface area (Å²) in [6.07, 6.45) is 0.0586. The SMILES string of the molecule is COc1cccc2c1OC(N(C)CC1(F)CCN(C(=O)c3ccc(F)c(Cl)c3)CC1)CN2. The van der Waals surface area contributed by atoms with E-state index >= 15 is 4.39 Å². The normalized spacial score (nSPS) is 19.7. The molecule has 1 saturated heterocycles. The smallest absolute Gasteiger partial charge is 0.253 e. The van der Waals surface area contributed by atoms with Crippen molar-refractivity contribution in [2.45, 2.75) is 24.7 Å². The second-order valence-electron chi connectivity index (χ2n) is 8.28. The van der Waals surface area contributed by atoms with Gasteiger partial charge in [-0.1, -0.05) is 17.7 Å². The van der Waals surface area contributed by atoms with E-state index in [2.05, 4.69) is 5.32 Å². The first-order valence-electron chi connectivity index (χ1n) is 10.5. The van der Waals surface area contributed by atoms with Crippen molar-refractivity contribution in [3.63, 3.8) is 0 Å². The lowest BCUT2D eigenvalue weighted by molar-refractivity contribution is -0.0199. The van der Waals surface area contributed by atoms with E-state index in [1.165, 1.54) is 18.2 Å². The molecule has 9 heteroatoms. The number of carbonyl (C=O) groups excluding carboxylic acids is 1. The molecular formula is C23H26ClF2N3O3. The Balaban J connectivity index is 1.35. The molecule has 2 aliphatic heterocycles. The molecule has 2 aliphatic rings. The van der Waals surface area contributed by atoms with Crippen molar-refractivity contribution in [1.29, 1.82) is 0 Å². The quantitative estimate of drug-likeness (QED) is 0.717. The van der Waals surface area contributed by atoms with Gasteiger partial charge in [0.25, 0.3) is 5.91 Å². The number of piperidine rings is 1. The number of hydrogen-bond acceptors (Lipinski definition) is 5. The fourth-order valence-corrected chi connectivity index (χ4v) is 4.37. The molecule has 2 heterocycles. The number of likely N-dealkylation sites (tertiary alicyclic amines) is 1. The zero-order chi connectivity index (χ0) is 22.9. The van der Waals surface area contributed by atoms with Gasteiger partial charge in [-0.25, -0.2) is 8.78 Å². The number of methoxy groups -OCH3 is 1. The highest BCUT2D eigenvalue weighted by Crippen LogP contribution is 2.39. The Morgan fingerprint density at radius 3 is 2.78 bits per heavy atom. The molecule has 0 saturated carbocycles. The van der Waals surface area contributed by atoms with Crippen LogP contribution in [-0.4, -0.2) is 67.9 Å². The Kier molecular flexibility index (Phi) is 6.44. The van der Waals surface area contributed by atoms with Crippen LogP contribution in [0.4, 0.5) is 14.5 Å². The molecule has 2 aromatic carbocycles. The third-order valence-corrected chi connectivity index (χ3v) is 6.35. The Morgan fingerprint density at radius 2 is 2.09 bits per heavy atom. The fourth-order valence-electron chi connectivity index (χ4n) is 4.19. The third kappa shape index (κ3) is 4.61. The third-order valence-electron chi connectivity index (χ3n) is 6.06. The fraction of sp³-hybridized carbons (Fsp3) is 0.435. The topological polar surface area (TPSA) is 54.0 Å². The summed E-state index contributed by atoms with van der Waals surface area (Å²) in [5, 5.41) is 3.20. The first-order valence-corrected chi connectivity index (χ1v) is 10.9. The number of carbonyl (C=O) groups is 1. The molecule has 1 N–H and O–H groups in total. The van der Waals surface area contributed by atoms with Gasteiger partial charge in [0, 0.05) is 38.0 Å². The number of anilines is 1. The van der Waals surface area contributed by atoms with Crippen LogP contribution in [0.1, 0.15) is 23.2 Å². The van der Waals surface area contributed by atoms with Crippen LogP contribution in [0.3, 0.4) is 0 Å². The lowest BCUT2D eigenvalue weighted by Gasteiger charge is -2.41. The summed E-state index contributed by atoms with van der Waals surface area (Å²) >= 11 is 5.79. The highest BCUT2D eigenvalue weighted by Gasteiger charge is 2.39. The molecule has 0 radical (unpaired) electrons. The zero-order valence-corrected chi connectivity index (χ0v) is 18.8. The minimum absolute atomic E-state index is 0.103. The number of para-hydroxylation sites is 1. The number of ether oxygens (including phenoxy) is 2. The first kappa shape index (κ1) is 22.6. The number of nitrogens with one attached hydrogen (secondary N) is 1. The monoisotopic (exact) mass is 465 g/mol. The maximum atomic E-state index is 15.6. The second kappa shape index (κ2) is 9.11. The number of alkyl halides is 1. The average Bonchev–Trinajstić information content (AvgIpc) is 2.80. The van der Waals surface area contributed by atoms with Crippen molar-refractivity contribution in [3.8, 4) is 11.5 Å². The standard InChI is InChI=1S/C23H26ClF2N3O3/c1-28(20-13-27-18-4-3-5-19(31-2)21(18)32-20)14-23(26)8-10-29(11-9-23)22(30)15-6-7-17(25)16(24)12-15/h3-7,12,20,27H,8-11,13-14H2,1-2H3. The van der Waals surface area contributed by atoms with Gasteiger partial charge in [-0.2, -0.15) is 0 Å². The van der Waals surface area contributed by atoms with Crippen molar-refractivity contribution in [1.82, 2.24) is 9.80 Å². The van der Waals surface area contributed by atoms with Gasteiger partial charge in [0.1, 0.15) is 11.5 Å². The minimum Gasteiger partial charge on any atom is -0.493 e. The summed E-state index contributed by atoms with van der Waals surface area (Å²) in [7, 11) is 3.41. The lowest BCUT2D eigenvalue weighted by Crippen LogP contribution is -2.53. The Hall–Kier alpha value is -2.58. The van der Waals surface area contributed by atoms with Gasteiger partial charge in [-0.05, 0) is 37.4 Å². The summed E-state index contributed by atoms with van der Waals surface area (Å²) in [5.74, 6) is 0.387. The Morgan fingerprint density at radius 1 is 1.34 bits per heavy atom. The number of hydrogen-bond donors (Lipinski definition) is 1. The lowest BCUT2D eigenvalue weighted by atomic mass is 9.92. The zero-order valence-electron chi connectivity index (χ0n) is 18.0. The summed E-state index contributed by atoms with van der Waals surface area (Å²) in [5.41, 5.74) is -0.304. The Bertz CT molecular complexity index is 984. The van der Waals surface area contributed by atoms with Crippen LogP contribution < -0.4 is 14.8 Å². The van der Waals surface area contributed by atoms with E-state index in [9.17, 15) is 9.18 Å². The van der Waals surface area contributed by atoms with Gasteiger partial charge in [0.2, 0.25) is 0 Å². The molecule has 1 fully saturated rings. The summed E-state index contributed by atoms with van der Waals surface area (Å²) in [6, 6.07) is 9.48. The molecule has 0 aromatic heterocycles.